The molecule has 1 amide bonds. The third kappa shape index (κ3) is 3.35. The van der Waals surface area contributed by atoms with Crippen LogP contribution in [0.4, 0.5) is 0 Å². The molecule has 0 aromatic heterocycles. The molecule has 142 valence electrons. The van der Waals surface area contributed by atoms with Gasteiger partial charge in [0.05, 0.1) is 12.7 Å². The highest BCUT2D eigenvalue weighted by Crippen LogP contribution is 2.52. The molecule has 26 heavy (non-hydrogen) atoms. The summed E-state index contributed by atoms with van der Waals surface area (Å²) in [6.07, 6.45) is 1.17. The van der Waals surface area contributed by atoms with Gasteiger partial charge in [-0.25, -0.2) is 4.79 Å². The smallest absolute Gasteiger partial charge is 0.341 e. The summed E-state index contributed by atoms with van der Waals surface area (Å²) in [5.74, 6) is -0.233. The number of hydrogen-bond acceptors (Lipinski definition) is 5. The lowest BCUT2D eigenvalue weighted by Gasteiger charge is -2.54. The highest BCUT2D eigenvalue weighted by molar-refractivity contribution is 5.95. The standard InChI is InChI=1S/C19H25NO6/c1-4-24-14-9-11(5-6-13(14)26-10-15(21)22)18(23)20-16-12-7-8-25-17(12)19(16,2)3/h5-6,9,12,16-17H,4,7-8,10H2,1-3H3,(H,20,23)(H,21,22)/t12-,16-,17+/m1/s1. The molecule has 1 aromatic rings. The van der Waals surface area contributed by atoms with Crippen molar-refractivity contribution in [1.29, 1.82) is 0 Å². The van der Waals surface area contributed by atoms with Gasteiger partial charge in [-0.15, -0.1) is 0 Å². The van der Waals surface area contributed by atoms with Crippen molar-refractivity contribution in [2.45, 2.75) is 39.3 Å². The zero-order valence-electron chi connectivity index (χ0n) is 15.3. The van der Waals surface area contributed by atoms with E-state index in [9.17, 15) is 9.59 Å². The SMILES string of the molecule is CCOc1cc(C(=O)N[C@@H]2[C@H]3CCO[C@@H]3C2(C)C)ccc1OCC(=O)O. The average molecular weight is 363 g/mol. The van der Waals surface area contributed by atoms with E-state index in [1.54, 1.807) is 18.2 Å². The molecule has 1 heterocycles. The molecule has 7 nitrogen and oxygen atoms in total. The van der Waals surface area contributed by atoms with Crippen LogP contribution in [0.5, 0.6) is 11.5 Å². The monoisotopic (exact) mass is 363 g/mol. The molecule has 2 aliphatic rings. The lowest BCUT2D eigenvalue weighted by atomic mass is 9.57. The van der Waals surface area contributed by atoms with E-state index in [-0.39, 0.29) is 23.5 Å². The van der Waals surface area contributed by atoms with E-state index in [2.05, 4.69) is 19.2 Å². The number of carbonyl (C=O) groups is 2. The third-order valence-electron chi connectivity index (χ3n) is 5.24. The van der Waals surface area contributed by atoms with E-state index in [1.807, 2.05) is 6.92 Å². The van der Waals surface area contributed by atoms with E-state index >= 15 is 0 Å². The van der Waals surface area contributed by atoms with E-state index in [4.69, 9.17) is 19.3 Å². The van der Waals surface area contributed by atoms with Crippen LogP contribution in [0.3, 0.4) is 0 Å². The van der Waals surface area contributed by atoms with E-state index in [0.717, 1.165) is 13.0 Å². The van der Waals surface area contributed by atoms with Crippen LogP contribution >= 0.6 is 0 Å². The second-order valence-electron chi connectivity index (χ2n) is 7.29. The predicted molar refractivity (Wildman–Crippen MR) is 93.6 cm³/mol. The Kier molecular flexibility index (Phi) is 5.09. The third-order valence-corrected chi connectivity index (χ3v) is 5.24. The van der Waals surface area contributed by atoms with Crippen LogP contribution in [0.15, 0.2) is 18.2 Å². The van der Waals surface area contributed by atoms with E-state index < -0.39 is 12.6 Å². The first-order valence-corrected chi connectivity index (χ1v) is 8.88. The van der Waals surface area contributed by atoms with Gasteiger partial charge in [0.15, 0.2) is 18.1 Å². The Bertz CT molecular complexity index is 701. The van der Waals surface area contributed by atoms with Crippen molar-refractivity contribution >= 4 is 11.9 Å². The van der Waals surface area contributed by atoms with Gasteiger partial charge < -0.3 is 24.6 Å². The van der Waals surface area contributed by atoms with Crippen molar-refractivity contribution in [3.05, 3.63) is 23.8 Å². The fourth-order valence-electron chi connectivity index (χ4n) is 4.02. The van der Waals surface area contributed by atoms with E-state index in [1.165, 1.54) is 0 Å². The van der Waals surface area contributed by atoms with Gasteiger partial charge in [0.25, 0.3) is 5.91 Å². The summed E-state index contributed by atoms with van der Waals surface area (Å²) in [5.41, 5.74) is 0.360. The number of carboxylic acids is 1. The van der Waals surface area contributed by atoms with Gasteiger partial charge in [-0.05, 0) is 31.5 Å². The number of benzene rings is 1. The van der Waals surface area contributed by atoms with Gasteiger partial charge in [-0.1, -0.05) is 13.8 Å². The lowest BCUT2D eigenvalue weighted by Crippen LogP contribution is -2.66. The summed E-state index contributed by atoms with van der Waals surface area (Å²) in [5, 5.41) is 11.9. The maximum absolute atomic E-state index is 12.7. The molecular formula is C19H25NO6. The highest BCUT2D eigenvalue weighted by atomic mass is 16.5. The molecule has 0 spiro atoms. The predicted octanol–water partition coefficient (Wildman–Crippen LogP) is 2.09. The number of carbonyl (C=O) groups excluding carboxylic acids is 1. The number of nitrogens with one attached hydrogen (secondary N) is 1. The summed E-state index contributed by atoms with van der Waals surface area (Å²) in [6.45, 7) is 6.69. The zero-order chi connectivity index (χ0) is 18.9. The normalized spacial score (nSPS) is 25.7. The van der Waals surface area contributed by atoms with Crippen molar-refractivity contribution in [1.82, 2.24) is 5.32 Å². The van der Waals surface area contributed by atoms with Gasteiger partial charge in [-0.2, -0.15) is 0 Å². The van der Waals surface area contributed by atoms with Crippen molar-refractivity contribution < 1.29 is 28.9 Å². The zero-order valence-corrected chi connectivity index (χ0v) is 15.3. The minimum atomic E-state index is -1.07. The molecule has 3 atom stereocenters. The summed E-state index contributed by atoms with van der Waals surface area (Å²) >= 11 is 0. The van der Waals surface area contributed by atoms with Gasteiger partial charge in [0.2, 0.25) is 0 Å². The van der Waals surface area contributed by atoms with Crippen LogP contribution in [0, 0.1) is 11.3 Å². The molecule has 0 radical (unpaired) electrons. The number of aliphatic carboxylic acids is 1. The fraction of sp³-hybridized carbons (Fsp3) is 0.579. The molecule has 1 aliphatic heterocycles. The lowest BCUT2D eigenvalue weighted by molar-refractivity contribution is -0.139. The van der Waals surface area contributed by atoms with Crippen LogP contribution in [0.1, 0.15) is 37.6 Å². The molecule has 1 aromatic carbocycles. The van der Waals surface area contributed by atoms with Crippen molar-refractivity contribution in [3.63, 3.8) is 0 Å². The first-order valence-electron chi connectivity index (χ1n) is 8.88. The first-order chi connectivity index (χ1) is 12.3. The van der Waals surface area contributed by atoms with Crippen molar-refractivity contribution in [2.24, 2.45) is 11.3 Å². The summed E-state index contributed by atoms with van der Waals surface area (Å²) < 4.78 is 16.5. The molecule has 2 fully saturated rings. The summed E-state index contributed by atoms with van der Waals surface area (Å²) in [7, 11) is 0. The van der Waals surface area contributed by atoms with Crippen molar-refractivity contribution in [3.8, 4) is 11.5 Å². The maximum Gasteiger partial charge on any atom is 0.341 e. The molecule has 2 N–H and O–H groups in total. The van der Waals surface area contributed by atoms with E-state index in [0.29, 0.717) is 29.6 Å². The Hall–Kier alpha value is -2.28. The maximum atomic E-state index is 12.7. The number of ether oxygens (including phenoxy) is 3. The van der Waals surface area contributed by atoms with Gasteiger partial charge >= 0.3 is 5.97 Å². The van der Waals surface area contributed by atoms with Gasteiger partial charge in [0.1, 0.15) is 0 Å². The van der Waals surface area contributed by atoms with Crippen molar-refractivity contribution in [2.75, 3.05) is 19.8 Å². The molecule has 7 heteroatoms. The Morgan fingerprint density at radius 3 is 2.77 bits per heavy atom. The number of amides is 1. The molecule has 1 saturated heterocycles. The highest BCUT2D eigenvalue weighted by Gasteiger charge is 2.59. The average Bonchev–Trinajstić information content (AvgIpc) is 3.05. The van der Waals surface area contributed by atoms with Crippen LogP contribution < -0.4 is 14.8 Å². The number of rotatable bonds is 7. The second kappa shape index (κ2) is 7.15. The fourth-order valence-corrected chi connectivity index (χ4v) is 4.02. The minimum absolute atomic E-state index is 0.0704. The second-order valence-corrected chi connectivity index (χ2v) is 7.29. The van der Waals surface area contributed by atoms with Crippen LogP contribution in [0.2, 0.25) is 0 Å². The molecule has 3 rings (SSSR count). The Morgan fingerprint density at radius 2 is 2.08 bits per heavy atom. The van der Waals surface area contributed by atoms with Crippen LogP contribution in [-0.2, 0) is 9.53 Å². The summed E-state index contributed by atoms with van der Waals surface area (Å²) in [4.78, 5) is 23.4. The largest absolute Gasteiger partial charge is 0.490 e. The Labute approximate surface area is 152 Å². The number of hydrogen-bond donors (Lipinski definition) is 2. The summed E-state index contributed by atoms with van der Waals surface area (Å²) in [6, 6.07) is 4.84. The van der Waals surface area contributed by atoms with Crippen LogP contribution in [-0.4, -0.2) is 48.9 Å². The number of fused-ring (bicyclic) bond motifs is 1. The molecule has 1 saturated carbocycles. The topological polar surface area (TPSA) is 94.1 Å². The van der Waals surface area contributed by atoms with Gasteiger partial charge in [0, 0.05) is 29.5 Å². The molecule has 0 bridgehead atoms. The quantitative estimate of drug-likeness (QED) is 0.770. The molecule has 0 unspecified atom stereocenters. The Morgan fingerprint density at radius 1 is 1.31 bits per heavy atom. The first kappa shape index (κ1) is 18.5. The van der Waals surface area contributed by atoms with Gasteiger partial charge in [-0.3, -0.25) is 4.79 Å². The molecule has 1 aliphatic carbocycles. The minimum Gasteiger partial charge on any atom is -0.490 e. The number of carboxylic acid groups (broad SMARTS) is 1. The van der Waals surface area contributed by atoms with Crippen LogP contribution in [0.25, 0.3) is 0 Å². The Balaban J connectivity index is 1.72. The molecular weight excluding hydrogens is 338 g/mol.